The molecule has 268 valence electrons. The highest BCUT2D eigenvalue weighted by molar-refractivity contribution is 5.94. The van der Waals surface area contributed by atoms with E-state index in [-0.39, 0.29) is 49.9 Å². The lowest BCUT2D eigenvalue weighted by atomic mass is 9.47. The largest absolute Gasteiger partial charge is 0.502 e. The third-order valence-corrected chi connectivity index (χ3v) is 10.7. The van der Waals surface area contributed by atoms with E-state index < -0.39 is 68.7 Å². The fourth-order valence-electron chi connectivity index (χ4n) is 7.07. The zero-order valence-corrected chi connectivity index (χ0v) is 31.1. The maximum absolute atomic E-state index is 14.0. The maximum atomic E-state index is 14.0. The number of aliphatic hydroxyl groups excluding tert-OH is 1. The molecule has 0 spiro atoms. The van der Waals surface area contributed by atoms with Crippen molar-refractivity contribution in [2.75, 3.05) is 13.2 Å². The van der Waals surface area contributed by atoms with Gasteiger partial charge in [0.25, 0.3) is 0 Å². The third-order valence-electron chi connectivity index (χ3n) is 10.7. The zero-order valence-electron chi connectivity index (χ0n) is 31.1. The molecule has 11 nitrogen and oxygen atoms in total. The molecule has 5 unspecified atom stereocenters. The number of nitriles is 1. The monoisotopic (exact) mass is 663 g/mol. The number of hydrogen-bond acceptors (Lipinski definition) is 10. The highest BCUT2D eigenvalue weighted by atomic mass is 16.6. The van der Waals surface area contributed by atoms with Crippen LogP contribution < -0.4 is 11.1 Å². The molecule has 1 amide bonds. The van der Waals surface area contributed by atoms with Gasteiger partial charge in [-0.1, -0.05) is 83.1 Å². The summed E-state index contributed by atoms with van der Waals surface area (Å²) in [5, 5.41) is 21.5. The molecule has 1 aliphatic heterocycles. The summed E-state index contributed by atoms with van der Waals surface area (Å²) in [7, 11) is 0. The Kier molecular flexibility index (Phi) is 13.5. The maximum Gasteiger partial charge on any atom is 0.372 e. The summed E-state index contributed by atoms with van der Waals surface area (Å²) in [5.41, 5.74) is 2.68. The molecular weight excluding hydrogens is 602 g/mol. The number of carbonyl (C=O) groups is 4. The molecule has 1 saturated heterocycles. The molecule has 4 N–H and O–H groups in total. The number of aliphatic hydroxyl groups is 1. The average Bonchev–Trinajstić information content (AvgIpc) is 3.32. The predicted molar refractivity (Wildman–Crippen MR) is 179 cm³/mol. The van der Waals surface area contributed by atoms with Crippen LogP contribution in [-0.2, 0) is 33.4 Å². The van der Waals surface area contributed by atoms with Crippen molar-refractivity contribution in [2.24, 2.45) is 44.6 Å². The van der Waals surface area contributed by atoms with Gasteiger partial charge < -0.3 is 30.4 Å². The van der Waals surface area contributed by atoms with Crippen molar-refractivity contribution in [3.05, 3.63) is 12.3 Å². The number of hydrogen-bond donors (Lipinski definition) is 3. The number of amides is 1. The Morgan fingerprint density at radius 1 is 1.00 bits per heavy atom. The Hall–Kier alpha value is -2.97. The van der Waals surface area contributed by atoms with E-state index in [1.165, 1.54) is 0 Å². The van der Waals surface area contributed by atoms with Crippen LogP contribution in [0.3, 0.4) is 0 Å². The van der Waals surface area contributed by atoms with Crippen LogP contribution in [0.5, 0.6) is 0 Å². The van der Waals surface area contributed by atoms with Gasteiger partial charge >= 0.3 is 17.9 Å². The molecule has 0 radical (unpaired) electrons. The molecule has 0 bridgehead atoms. The summed E-state index contributed by atoms with van der Waals surface area (Å²) >= 11 is 0. The molecule has 5 atom stereocenters. The molecule has 11 heteroatoms. The molecule has 1 fully saturated rings. The number of nitrogens with two attached hydrogens (primary N) is 1. The lowest BCUT2D eigenvalue weighted by molar-refractivity contribution is -0.182. The Balaban J connectivity index is 3.81. The van der Waals surface area contributed by atoms with Crippen LogP contribution in [0.2, 0.25) is 0 Å². The van der Waals surface area contributed by atoms with Crippen LogP contribution in [0.1, 0.15) is 116 Å². The number of ether oxygens (including phenoxy) is 3. The van der Waals surface area contributed by atoms with Crippen LogP contribution in [0.25, 0.3) is 0 Å². The first-order valence-electron chi connectivity index (χ1n) is 16.4. The smallest absolute Gasteiger partial charge is 0.372 e. The topological polar surface area (TPSA) is 178 Å². The fraction of sp³-hybridized carbons (Fsp3) is 0.806. The second-order valence-electron chi connectivity index (χ2n) is 17.3. The van der Waals surface area contributed by atoms with E-state index in [0.717, 1.165) is 0 Å². The van der Waals surface area contributed by atoms with E-state index in [4.69, 9.17) is 19.9 Å². The lowest BCUT2D eigenvalue weighted by Crippen LogP contribution is -2.68. The minimum absolute atomic E-state index is 0.140. The molecule has 0 aliphatic carbocycles. The van der Waals surface area contributed by atoms with Gasteiger partial charge in [0.1, 0.15) is 6.04 Å². The van der Waals surface area contributed by atoms with Crippen molar-refractivity contribution in [1.82, 2.24) is 5.32 Å². The highest BCUT2D eigenvalue weighted by Gasteiger charge is 2.61. The summed E-state index contributed by atoms with van der Waals surface area (Å²) in [6.07, 6.45) is 0.930. The Morgan fingerprint density at radius 2 is 1.55 bits per heavy atom. The first-order valence-corrected chi connectivity index (χ1v) is 16.4. The number of nitrogens with one attached hydrogen (secondary N) is 1. The Labute approximate surface area is 282 Å². The molecule has 47 heavy (non-hydrogen) atoms. The van der Waals surface area contributed by atoms with Crippen LogP contribution in [-0.4, -0.2) is 59.8 Å². The Morgan fingerprint density at radius 3 is 1.98 bits per heavy atom. The van der Waals surface area contributed by atoms with Crippen LogP contribution in [0, 0.1) is 50.2 Å². The van der Waals surface area contributed by atoms with Gasteiger partial charge in [-0.05, 0) is 53.4 Å². The summed E-state index contributed by atoms with van der Waals surface area (Å²) in [6.45, 7) is 28.8. The van der Waals surface area contributed by atoms with Gasteiger partial charge in [-0.3, -0.25) is 9.59 Å². The quantitative estimate of drug-likeness (QED) is 0.0641. The molecule has 1 aliphatic rings. The van der Waals surface area contributed by atoms with Crippen LogP contribution in [0.4, 0.5) is 0 Å². The predicted octanol–water partition coefficient (Wildman–Crippen LogP) is 5.76. The van der Waals surface area contributed by atoms with Gasteiger partial charge in [-0.2, -0.15) is 5.26 Å². The summed E-state index contributed by atoms with van der Waals surface area (Å²) in [4.78, 5) is 51.2. The van der Waals surface area contributed by atoms with Gasteiger partial charge in [0.15, 0.2) is 5.76 Å². The molecular formula is C36H61N3O8. The summed E-state index contributed by atoms with van der Waals surface area (Å²) < 4.78 is 17.4. The van der Waals surface area contributed by atoms with E-state index in [9.17, 15) is 29.5 Å². The van der Waals surface area contributed by atoms with Crippen molar-refractivity contribution in [2.45, 2.75) is 133 Å². The number of rotatable bonds is 15. The standard InChI is InChI=1S/C36H61N3O8/c1-22(40)28(42)46-21-24(33(8,9)34(10,11)25(20-31(2,3)4)45-19-15-18-37)36(14,38)35(12,13)27(32(5,6)7)30(44)47-29(43)23-16-17-26(41)39-23/h23-25,27,40H,1,15-17,19-21,38H2,2-14H3,(H,39,41). The van der Waals surface area contributed by atoms with Crippen molar-refractivity contribution in [3.63, 3.8) is 0 Å². The SMILES string of the molecule is C=C(O)C(=O)OCC(C(C)(C)C(C)(C)C(CC(C)(C)C)OCCC#N)C(C)(N)C(C)(C)C(C(=O)OC(=O)C1CCC(=O)N1)C(C)(C)C. The minimum Gasteiger partial charge on any atom is -0.502 e. The third kappa shape index (κ3) is 10.0. The van der Waals surface area contributed by atoms with E-state index in [2.05, 4.69) is 52.6 Å². The summed E-state index contributed by atoms with van der Waals surface area (Å²) in [6, 6.07) is 1.23. The van der Waals surface area contributed by atoms with Gasteiger partial charge in [0.05, 0.1) is 37.7 Å². The van der Waals surface area contributed by atoms with Crippen molar-refractivity contribution in [1.29, 1.82) is 5.26 Å². The second kappa shape index (κ2) is 15.1. The van der Waals surface area contributed by atoms with E-state index in [1.807, 2.05) is 48.5 Å². The van der Waals surface area contributed by atoms with E-state index >= 15 is 0 Å². The van der Waals surface area contributed by atoms with E-state index in [0.29, 0.717) is 6.42 Å². The first-order chi connectivity index (χ1) is 21.1. The normalized spacial score (nSPS) is 19.4. The first kappa shape index (κ1) is 42.1. The van der Waals surface area contributed by atoms with E-state index in [1.54, 1.807) is 6.92 Å². The zero-order chi connectivity index (χ0) is 37.0. The minimum atomic E-state index is -1.30. The molecule has 0 saturated carbocycles. The number of carbonyl (C=O) groups excluding carboxylic acids is 4. The molecule has 1 heterocycles. The van der Waals surface area contributed by atoms with Gasteiger partial charge in [0.2, 0.25) is 5.91 Å². The summed E-state index contributed by atoms with van der Waals surface area (Å²) in [5.74, 6) is -5.23. The Bertz CT molecular complexity index is 1210. The second-order valence-corrected chi connectivity index (χ2v) is 17.3. The molecule has 0 aromatic carbocycles. The van der Waals surface area contributed by atoms with Gasteiger partial charge in [-0.25, -0.2) is 9.59 Å². The van der Waals surface area contributed by atoms with Gasteiger partial charge in [0, 0.05) is 17.9 Å². The van der Waals surface area contributed by atoms with Crippen LogP contribution >= 0.6 is 0 Å². The van der Waals surface area contributed by atoms with Crippen molar-refractivity contribution < 1.29 is 38.5 Å². The number of nitrogens with zero attached hydrogens (tertiary/aromatic N) is 1. The molecule has 0 aromatic heterocycles. The fourth-order valence-corrected chi connectivity index (χ4v) is 7.07. The van der Waals surface area contributed by atoms with Crippen molar-refractivity contribution in [3.8, 4) is 6.07 Å². The molecule has 1 rings (SSSR count). The van der Waals surface area contributed by atoms with Crippen molar-refractivity contribution >= 4 is 23.8 Å². The highest BCUT2D eigenvalue weighted by Crippen LogP contribution is 2.58. The molecule has 0 aromatic rings. The lowest BCUT2D eigenvalue weighted by Gasteiger charge is -2.60. The van der Waals surface area contributed by atoms with Gasteiger partial charge in [-0.15, -0.1) is 0 Å². The number of esters is 3. The average molecular weight is 664 g/mol. The van der Waals surface area contributed by atoms with Crippen LogP contribution in [0.15, 0.2) is 12.3 Å².